The Bertz CT molecular complexity index is 254. The number of carboxylic acids is 2. The van der Waals surface area contributed by atoms with Gasteiger partial charge in [0.1, 0.15) is 12.1 Å². The maximum absolute atomic E-state index is 10.6. The van der Waals surface area contributed by atoms with Gasteiger partial charge >= 0.3 is 11.9 Å². The molecule has 0 aromatic rings. The first-order valence-electron chi connectivity index (χ1n) is 4.26. The zero-order valence-electron chi connectivity index (χ0n) is 8.28. The fourth-order valence-corrected chi connectivity index (χ4v) is 3.99. The second-order valence-corrected chi connectivity index (χ2v) is 5.93. The van der Waals surface area contributed by atoms with Crippen molar-refractivity contribution in [2.24, 2.45) is 11.5 Å². The van der Waals surface area contributed by atoms with Crippen molar-refractivity contribution in [3.8, 4) is 0 Å². The van der Waals surface area contributed by atoms with Crippen LogP contribution in [0.5, 0.6) is 0 Å². The molecule has 0 saturated heterocycles. The molecule has 9 heteroatoms. The molecule has 6 N–H and O–H groups in total. The molecule has 0 saturated carbocycles. The monoisotopic (exact) mass is 286 g/mol. The van der Waals surface area contributed by atoms with Crippen LogP contribution in [0.4, 0.5) is 0 Å². The van der Waals surface area contributed by atoms with Gasteiger partial charge < -0.3 is 21.7 Å². The van der Waals surface area contributed by atoms with Gasteiger partial charge in [-0.3, -0.25) is 9.59 Å². The van der Waals surface area contributed by atoms with Crippen molar-refractivity contribution in [1.82, 2.24) is 0 Å². The SMILES string of the molecule is N[C@H](C(=O)O)C(CS)SSC[C@H](N)C(=O)O. The van der Waals surface area contributed by atoms with E-state index in [0.717, 1.165) is 0 Å². The highest BCUT2D eigenvalue weighted by Crippen LogP contribution is 2.29. The number of hydrogen-bond acceptors (Lipinski definition) is 7. The number of aliphatic carboxylic acids is 2. The lowest BCUT2D eigenvalue weighted by molar-refractivity contribution is -0.139. The van der Waals surface area contributed by atoms with Crippen LogP contribution in [0.3, 0.4) is 0 Å². The predicted octanol–water partition coefficient (Wildman–Crippen LogP) is -0.510. The summed E-state index contributed by atoms with van der Waals surface area (Å²) in [6.45, 7) is 0. The largest absolute Gasteiger partial charge is 0.480 e. The molecule has 94 valence electrons. The van der Waals surface area contributed by atoms with E-state index in [1.54, 1.807) is 0 Å². The zero-order chi connectivity index (χ0) is 12.7. The van der Waals surface area contributed by atoms with Crippen molar-refractivity contribution in [1.29, 1.82) is 0 Å². The lowest BCUT2D eigenvalue weighted by atomic mass is 10.2. The quantitative estimate of drug-likeness (QED) is 0.298. The normalized spacial score (nSPS) is 16.4. The van der Waals surface area contributed by atoms with Crippen molar-refractivity contribution in [3.63, 3.8) is 0 Å². The van der Waals surface area contributed by atoms with E-state index in [4.69, 9.17) is 21.7 Å². The Kier molecular flexibility index (Phi) is 8.02. The molecule has 0 aliphatic heterocycles. The summed E-state index contributed by atoms with van der Waals surface area (Å²) in [5.41, 5.74) is 10.7. The Balaban J connectivity index is 3.97. The number of carboxylic acid groups (broad SMARTS) is 2. The van der Waals surface area contributed by atoms with Crippen LogP contribution in [0.2, 0.25) is 0 Å². The van der Waals surface area contributed by atoms with E-state index >= 15 is 0 Å². The topological polar surface area (TPSA) is 127 Å². The Labute approximate surface area is 106 Å². The Hall–Kier alpha value is -0.0900. The van der Waals surface area contributed by atoms with Crippen LogP contribution in [0.15, 0.2) is 0 Å². The molecule has 0 amide bonds. The van der Waals surface area contributed by atoms with Gasteiger partial charge in [-0.15, -0.1) is 0 Å². The van der Waals surface area contributed by atoms with Crippen molar-refractivity contribution in [3.05, 3.63) is 0 Å². The first-order chi connectivity index (χ1) is 7.40. The Morgan fingerprint density at radius 3 is 2.19 bits per heavy atom. The van der Waals surface area contributed by atoms with Gasteiger partial charge in [0.05, 0.1) is 0 Å². The second-order valence-electron chi connectivity index (χ2n) is 2.91. The maximum Gasteiger partial charge on any atom is 0.321 e. The van der Waals surface area contributed by atoms with Crippen LogP contribution < -0.4 is 11.5 Å². The Morgan fingerprint density at radius 2 is 1.81 bits per heavy atom. The molecule has 0 rings (SSSR count). The molecule has 0 radical (unpaired) electrons. The number of carbonyl (C=O) groups is 2. The highest BCUT2D eigenvalue weighted by molar-refractivity contribution is 8.77. The van der Waals surface area contributed by atoms with Gasteiger partial charge in [0.15, 0.2) is 0 Å². The van der Waals surface area contributed by atoms with Gasteiger partial charge in [-0.25, -0.2) is 0 Å². The summed E-state index contributed by atoms with van der Waals surface area (Å²) in [6.07, 6.45) is 0. The molecular weight excluding hydrogens is 272 g/mol. The highest BCUT2D eigenvalue weighted by atomic mass is 33.1. The first kappa shape index (κ1) is 15.9. The average Bonchev–Trinajstić information content (AvgIpc) is 2.22. The third-order valence-electron chi connectivity index (χ3n) is 1.62. The van der Waals surface area contributed by atoms with E-state index in [2.05, 4.69) is 12.6 Å². The van der Waals surface area contributed by atoms with Gasteiger partial charge in [-0.05, 0) is 0 Å². The van der Waals surface area contributed by atoms with Gasteiger partial charge in [-0.1, -0.05) is 21.6 Å². The van der Waals surface area contributed by atoms with Crippen LogP contribution in [-0.4, -0.2) is 51.0 Å². The molecule has 0 aromatic carbocycles. The van der Waals surface area contributed by atoms with E-state index in [1.165, 1.54) is 21.6 Å². The molecule has 0 bridgehead atoms. The van der Waals surface area contributed by atoms with Crippen LogP contribution in [-0.2, 0) is 9.59 Å². The molecule has 6 nitrogen and oxygen atoms in total. The smallest absolute Gasteiger partial charge is 0.321 e. The van der Waals surface area contributed by atoms with Gasteiger partial charge in [0.25, 0.3) is 0 Å². The number of nitrogens with two attached hydrogens (primary N) is 2. The molecule has 3 atom stereocenters. The lowest BCUT2D eigenvalue weighted by Gasteiger charge is -2.17. The zero-order valence-corrected chi connectivity index (χ0v) is 10.8. The minimum Gasteiger partial charge on any atom is -0.480 e. The molecule has 16 heavy (non-hydrogen) atoms. The summed E-state index contributed by atoms with van der Waals surface area (Å²) in [5.74, 6) is -1.70. The third-order valence-corrected chi connectivity index (χ3v) is 5.16. The van der Waals surface area contributed by atoms with Crippen LogP contribution in [0.1, 0.15) is 0 Å². The van der Waals surface area contributed by atoms with E-state index in [-0.39, 0.29) is 11.0 Å². The lowest BCUT2D eigenvalue weighted by Crippen LogP contribution is -2.41. The first-order valence-corrected chi connectivity index (χ1v) is 7.27. The summed E-state index contributed by atoms with van der Waals surface area (Å²) < 4.78 is 0. The van der Waals surface area contributed by atoms with Crippen molar-refractivity contribution >= 4 is 46.2 Å². The number of hydrogen-bond donors (Lipinski definition) is 5. The summed E-state index contributed by atoms with van der Waals surface area (Å²) in [5, 5.41) is 16.8. The van der Waals surface area contributed by atoms with E-state index in [1.807, 2.05) is 0 Å². The summed E-state index contributed by atoms with van der Waals surface area (Å²) >= 11 is 3.99. The molecule has 0 aliphatic carbocycles. The standard InChI is InChI=1S/C7H14N2O4S3/c8-3(6(10)11)2-15-16-4(1-14)5(9)7(12)13/h3-5,14H,1-2,8-9H2,(H,10,11)(H,12,13)/t3-,4?,5-/m0/s1. The molecule has 0 aromatic heterocycles. The second kappa shape index (κ2) is 8.07. The van der Waals surface area contributed by atoms with Crippen LogP contribution >= 0.6 is 34.2 Å². The van der Waals surface area contributed by atoms with Crippen molar-refractivity contribution < 1.29 is 19.8 Å². The van der Waals surface area contributed by atoms with Crippen LogP contribution in [0, 0.1) is 0 Å². The van der Waals surface area contributed by atoms with Crippen molar-refractivity contribution in [2.75, 3.05) is 11.5 Å². The van der Waals surface area contributed by atoms with Gasteiger partial charge in [0.2, 0.25) is 0 Å². The molecule has 1 unspecified atom stereocenters. The number of thiol groups is 1. The third kappa shape index (κ3) is 5.85. The van der Waals surface area contributed by atoms with E-state index in [0.29, 0.717) is 5.75 Å². The molecule has 0 spiro atoms. The summed E-state index contributed by atoms with van der Waals surface area (Å²) in [6, 6.07) is -1.98. The predicted molar refractivity (Wildman–Crippen MR) is 68.9 cm³/mol. The van der Waals surface area contributed by atoms with Gasteiger partial charge in [0, 0.05) is 16.8 Å². The average molecular weight is 286 g/mol. The summed E-state index contributed by atoms with van der Waals surface area (Å²) in [7, 11) is 2.38. The van der Waals surface area contributed by atoms with Gasteiger partial charge in [-0.2, -0.15) is 12.6 Å². The maximum atomic E-state index is 10.6. The van der Waals surface area contributed by atoms with E-state index < -0.39 is 24.0 Å². The molecule has 0 fully saturated rings. The highest BCUT2D eigenvalue weighted by Gasteiger charge is 2.24. The Morgan fingerprint density at radius 1 is 1.25 bits per heavy atom. The minimum absolute atomic E-state index is 0.191. The fourth-order valence-electron chi connectivity index (χ4n) is 0.634. The minimum atomic E-state index is -1.10. The molecular formula is C7H14N2O4S3. The van der Waals surface area contributed by atoms with Crippen LogP contribution in [0.25, 0.3) is 0 Å². The van der Waals surface area contributed by atoms with E-state index in [9.17, 15) is 9.59 Å². The molecule has 0 heterocycles. The number of rotatable bonds is 8. The fraction of sp³-hybridized carbons (Fsp3) is 0.714. The summed E-state index contributed by atoms with van der Waals surface area (Å²) in [4.78, 5) is 21.0. The molecule has 0 aliphatic rings. The van der Waals surface area contributed by atoms with Crippen molar-refractivity contribution in [2.45, 2.75) is 17.3 Å².